The summed E-state index contributed by atoms with van der Waals surface area (Å²) in [5.74, 6) is 0.189. The molecular weight excluding hydrogens is 212 g/mol. The molecule has 0 saturated carbocycles. The first kappa shape index (κ1) is 12.1. The molecule has 1 atom stereocenters. The van der Waals surface area contributed by atoms with Gasteiger partial charge in [-0.2, -0.15) is 0 Å². The average Bonchev–Trinajstić information content (AvgIpc) is 2.57. The summed E-state index contributed by atoms with van der Waals surface area (Å²) in [6.45, 7) is 6.94. The summed E-state index contributed by atoms with van der Waals surface area (Å²) in [7, 11) is 1.88. The molecule has 0 spiro atoms. The van der Waals surface area contributed by atoms with Crippen LogP contribution in [0, 0.1) is 0 Å². The number of likely N-dealkylation sites (N-methyl/N-ethyl adjacent to an activating group) is 1. The zero-order valence-electron chi connectivity index (χ0n) is 11.0. The third-order valence-electron chi connectivity index (χ3n) is 3.32. The van der Waals surface area contributed by atoms with E-state index >= 15 is 0 Å². The first-order chi connectivity index (χ1) is 7.91. The van der Waals surface area contributed by atoms with Crippen LogP contribution in [0.25, 0.3) is 0 Å². The Labute approximate surface area is 103 Å². The van der Waals surface area contributed by atoms with Crippen LogP contribution < -0.4 is 0 Å². The molecule has 17 heavy (non-hydrogen) atoms. The molecule has 1 saturated heterocycles. The summed E-state index contributed by atoms with van der Waals surface area (Å²) >= 11 is 0. The normalized spacial score (nSPS) is 22.2. The topological polar surface area (TPSA) is 23.6 Å². The number of hydrogen-bond donors (Lipinski definition) is 0. The Morgan fingerprint density at radius 2 is 1.76 bits per heavy atom. The van der Waals surface area contributed by atoms with E-state index in [9.17, 15) is 4.79 Å². The van der Waals surface area contributed by atoms with Crippen molar-refractivity contribution < 1.29 is 4.79 Å². The van der Waals surface area contributed by atoms with Crippen LogP contribution in [0.5, 0.6) is 0 Å². The number of nitrogens with zero attached hydrogens (tertiary/aromatic N) is 2. The number of benzene rings is 1. The van der Waals surface area contributed by atoms with Crippen molar-refractivity contribution in [1.82, 2.24) is 9.80 Å². The van der Waals surface area contributed by atoms with Crippen molar-refractivity contribution in [2.24, 2.45) is 0 Å². The minimum absolute atomic E-state index is 0.0130. The van der Waals surface area contributed by atoms with Gasteiger partial charge in [-0.3, -0.25) is 9.69 Å². The largest absolute Gasteiger partial charge is 0.325 e. The van der Waals surface area contributed by atoms with Gasteiger partial charge >= 0.3 is 0 Å². The van der Waals surface area contributed by atoms with Crippen LogP contribution in [-0.4, -0.2) is 34.8 Å². The van der Waals surface area contributed by atoms with E-state index in [-0.39, 0.29) is 17.6 Å². The van der Waals surface area contributed by atoms with Crippen LogP contribution in [0.15, 0.2) is 30.3 Å². The van der Waals surface area contributed by atoms with E-state index in [0.29, 0.717) is 6.54 Å². The van der Waals surface area contributed by atoms with Gasteiger partial charge in [0, 0.05) is 12.6 Å². The Bertz CT molecular complexity index is 408. The van der Waals surface area contributed by atoms with Gasteiger partial charge in [0.2, 0.25) is 5.91 Å². The van der Waals surface area contributed by atoms with Crippen molar-refractivity contribution in [2.75, 3.05) is 13.6 Å². The van der Waals surface area contributed by atoms with Gasteiger partial charge in [-0.05, 0) is 26.3 Å². The Kier molecular flexibility index (Phi) is 2.96. The Morgan fingerprint density at radius 3 is 2.29 bits per heavy atom. The van der Waals surface area contributed by atoms with Gasteiger partial charge in [-0.25, -0.2) is 0 Å². The lowest BCUT2D eigenvalue weighted by atomic mass is 10.0. The molecule has 1 aliphatic heterocycles. The van der Waals surface area contributed by atoms with Gasteiger partial charge in [0.05, 0.1) is 6.54 Å². The molecule has 1 amide bonds. The second-order valence-corrected chi connectivity index (χ2v) is 5.59. The third kappa shape index (κ3) is 2.20. The maximum atomic E-state index is 11.9. The summed E-state index contributed by atoms with van der Waals surface area (Å²) in [5.41, 5.74) is 1.16. The lowest BCUT2D eigenvalue weighted by Crippen LogP contribution is -2.42. The smallest absolute Gasteiger partial charge is 0.238 e. The molecule has 92 valence electrons. The molecule has 1 aromatic carbocycles. The highest BCUT2D eigenvalue weighted by atomic mass is 16.2. The van der Waals surface area contributed by atoms with Crippen molar-refractivity contribution in [3.63, 3.8) is 0 Å². The van der Waals surface area contributed by atoms with Crippen LogP contribution in [0.3, 0.4) is 0 Å². The van der Waals surface area contributed by atoms with Gasteiger partial charge in [-0.1, -0.05) is 30.3 Å². The molecule has 2 rings (SSSR count). The number of amides is 1. The summed E-state index contributed by atoms with van der Waals surface area (Å²) in [6, 6.07) is 10.2. The zero-order chi connectivity index (χ0) is 12.6. The molecule has 0 radical (unpaired) electrons. The quantitative estimate of drug-likeness (QED) is 0.741. The number of carbonyl (C=O) groups excluding carboxylic acids is 1. The van der Waals surface area contributed by atoms with Crippen LogP contribution in [0.2, 0.25) is 0 Å². The Hall–Kier alpha value is -1.35. The molecule has 3 heteroatoms. The molecule has 0 aliphatic carbocycles. The van der Waals surface area contributed by atoms with E-state index in [1.807, 2.05) is 30.1 Å². The van der Waals surface area contributed by atoms with E-state index in [2.05, 4.69) is 37.8 Å². The highest BCUT2D eigenvalue weighted by molar-refractivity contribution is 5.80. The molecular formula is C14H20N2O. The Morgan fingerprint density at radius 1 is 1.18 bits per heavy atom. The van der Waals surface area contributed by atoms with Crippen molar-refractivity contribution in [3.8, 4) is 0 Å². The molecule has 0 bridgehead atoms. The lowest BCUT2D eigenvalue weighted by molar-refractivity contribution is -0.126. The van der Waals surface area contributed by atoms with Crippen molar-refractivity contribution in [3.05, 3.63) is 35.9 Å². The monoisotopic (exact) mass is 232 g/mol. The molecule has 0 N–H and O–H groups in total. The van der Waals surface area contributed by atoms with Crippen LogP contribution >= 0.6 is 0 Å². The molecule has 1 aliphatic rings. The fourth-order valence-electron chi connectivity index (χ4n) is 2.32. The third-order valence-corrected chi connectivity index (χ3v) is 3.32. The SMILES string of the molecule is CN1C(=O)CN(C(C)(C)C)C1c1ccccc1. The average molecular weight is 232 g/mol. The van der Waals surface area contributed by atoms with Gasteiger partial charge < -0.3 is 4.90 Å². The van der Waals surface area contributed by atoms with Crippen LogP contribution in [-0.2, 0) is 4.79 Å². The zero-order valence-corrected chi connectivity index (χ0v) is 11.0. The first-order valence-corrected chi connectivity index (χ1v) is 5.98. The van der Waals surface area contributed by atoms with E-state index in [4.69, 9.17) is 0 Å². The standard InChI is InChI=1S/C14H20N2O/c1-14(2,3)16-10-12(17)15(4)13(16)11-8-6-5-7-9-11/h5-9,13H,10H2,1-4H3. The molecule has 1 heterocycles. The summed E-state index contributed by atoms with van der Waals surface area (Å²) < 4.78 is 0. The fourth-order valence-corrected chi connectivity index (χ4v) is 2.32. The highest BCUT2D eigenvalue weighted by Crippen LogP contribution is 2.34. The van der Waals surface area contributed by atoms with Crippen LogP contribution in [0.1, 0.15) is 32.5 Å². The molecule has 0 aromatic heterocycles. The maximum Gasteiger partial charge on any atom is 0.238 e. The van der Waals surface area contributed by atoms with Crippen molar-refractivity contribution >= 4 is 5.91 Å². The van der Waals surface area contributed by atoms with Gasteiger partial charge in [-0.15, -0.1) is 0 Å². The van der Waals surface area contributed by atoms with E-state index in [1.54, 1.807) is 0 Å². The predicted octanol–water partition coefficient (Wildman–Crippen LogP) is 2.26. The van der Waals surface area contributed by atoms with Gasteiger partial charge in [0.1, 0.15) is 6.17 Å². The second-order valence-electron chi connectivity index (χ2n) is 5.59. The van der Waals surface area contributed by atoms with Crippen LogP contribution in [0.4, 0.5) is 0 Å². The molecule has 1 fully saturated rings. The van der Waals surface area contributed by atoms with E-state index in [0.717, 1.165) is 0 Å². The van der Waals surface area contributed by atoms with Crippen molar-refractivity contribution in [2.45, 2.75) is 32.5 Å². The summed E-state index contributed by atoms with van der Waals surface area (Å²) in [6.07, 6.45) is 0.0590. The summed E-state index contributed by atoms with van der Waals surface area (Å²) in [5, 5.41) is 0. The lowest BCUT2D eigenvalue weighted by Gasteiger charge is -2.37. The van der Waals surface area contributed by atoms with E-state index < -0.39 is 0 Å². The molecule has 1 unspecified atom stereocenters. The Balaban J connectivity index is 2.38. The highest BCUT2D eigenvalue weighted by Gasteiger charge is 2.41. The number of rotatable bonds is 1. The fraction of sp³-hybridized carbons (Fsp3) is 0.500. The van der Waals surface area contributed by atoms with Gasteiger partial charge in [0.25, 0.3) is 0 Å². The molecule has 1 aromatic rings. The van der Waals surface area contributed by atoms with Gasteiger partial charge in [0.15, 0.2) is 0 Å². The summed E-state index contributed by atoms with van der Waals surface area (Å²) in [4.78, 5) is 16.0. The maximum absolute atomic E-state index is 11.9. The second kappa shape index (κ2) is 4.15. The number of hydrogen-bond acceptors (Lipinski definition) is 2. The minimum Gasteiger partial charge on any atom is -0.325 e. The number of carbonyl (C=O) groups is 1. The first-order valence-electron chi connectivity index (χ1n) is 5.98. The minimum atomic E-state index is -0.0130. The molecule has 3 nitrogen and oxygen atoms in total. The van der Waals surface area contributed by atoms with Crippen molar-refractivity contribution in [1.29, 1.82) is 0 Å². The van der Waals surface area contributed by atoms with E-state index in [1.165, 1.54) is 5.56 Å². The predicted molar refractivity (Wildman–Crippen MR) is 68.4 cm³/mol.